The Morgan fingerprint density at radius 1 is 1.25 bits per heavy atom. The number of hydrogen-bond donors (Lipinski definition) is 2. The highest BCUT2D eigenvalue weighted by atomic mass is 32.1. The second-order valence-electron chi connectivity index (χ2n) is 5.76. The molecule has 108 valence electrons. The number of nitrogens with two attached hydrogens (primary N) is 1. The highest BCUT2D eigenvalue weighted by Crippen LogP contribution is 2.30. The lowest BCUT2D eigenvalue weighted by atomic mass is 9.77. The van der Waals surface area contributed by atoms with Crippen LogP contribution in [0.3, 0.4) is 0 Å². The van der Waals surface area contributed by atoms with Crippen LogP contribution in [0.1, 0.15) is 35.0 Å². The summed E-state index contributed by atoms with van der Waals surface area (Å²) in [5.41, 5.74) is 5.34. The first kappa shape index (κ1) is 15.2. The summed E-state index contributed by atoms with van der Waals surface area (Å²) in [6.07, 6.45) is 0.845. The number of aromatic nitrogens is 1. The van der Waals surface area contributed by atoms with Gasteiger partial charge in [-0.25, -0.2) is 4.98 Å². The van der Waals surface area contributed by atoms with Crippen LogP contribution in [0.2, 0.25) is 0 Å². The van der Waals surface area contributed by atoms with Gasteiger partial charge >= 0.3 is 0 Å². The number of nitrogens with one attached hydrogen (secondary N) is 1. The molecule has 0 saturated heterocycles. The first-order valence-electron chi connectivity index (χ1n) is 6.89. The summed E-state index contributed by atoms with van der Waals surface area (Å²) in [5, 5.41) is 1.15. The molecule has 0 fully saturated rings. The maximum atomic E-state index is 5.82. The van der Waals surface area contributed by atoms with Gasteiger partial charge in [0, 0.05) is 22.8 Å². The highest BCUT2D eigenvalue weighted by Gasteiger charge is 2.31. The van der Waals surface area contributed by atoms with Crippen molar-refractivity contribution in [2.24, 2.45) is 5.84 Å². The average Bonchev–Trinajstić information content (AvgIpc) is 2.75. The van der Waals surface area contributed by atoms with Crippen molar-refractivity contribution in [2.45, 2.75) is 45.6 Å². The molecule has 3 nitrogen and oxygen atoms in total. The largest absolute Gasteiger partial charge is 0.271 e. The van der Waals surface area contributed by atoms with Gasteiger partial charge in [-0.3, -0.25) is 11.3 Å². The van der Waals surface area contributed by atoms with Gasteiger partial charge < -0.3 is 0 Å². The summed E-state index contributed by atoms with van der Waals surface area (Å²) in [6, 6.07) is 10.6. The predicted octanol–water partition coefficient (Wildman–Crippen LogP) is 3.11. The van der Waals surface area contributed by atoms with Gasteiger partial charge in [-0.1, -0.05) is 44.2 Å². The van der Waals surface area contributed by atoms with Crippen molar-refractivity contribution in [2.75, 3.05) is 0 Å². The van der Waals surface area contributed by atoms with Crippen molar-refractivity contribution in [3.8, 4) is 0 Å². The van der Waals surface area contributed by atoms with Crippen LogP contribution >= 0.6 is 11.3 Å². The summed E-state index contributed by atoms with van der Waals surface area (Å²) >= 11 is 1.76. The molecule has 1 unspecified atom stereocenters. The van der Waals surface area contributed by atoms with E-state index in [1.807, 2.05) is 6.07 Å². The molecule has 0 aliphatic carbocycles. The van der Waals surface area contributed by atoms with Gasteiger partial charge in [0.25, 0.3) is 0 Å². The third-order valence-corrected chi connectivity index (χ3v) is 5.14. The Balaban J connectivity index is 2.23. The molecular formula is C16H23N3S. The lowest BCUT2D eigenvalue weighted by molar-refractivity contribution is 0.341. The van der Waals surface area contributed by atoms with Gasteiger partial charge in [-0.05, 0) is 19.4 Å². The van der Waals surface area contributed by atoms with Crippen molar-refractivity contribution in [3.63, 3.8) is 0 Å². The number of hydrazine groups is 1. The summed E-state index contributed by atoms with van der Waals surface area (Å²) in [5.74, 6) is 5.82. The van der Waals surface area contributed by atoms with Crippen LogP contribution in [-0.2, 0) is 11.8 Å². The average molecular weight is 289 g/mol. The van der Waals surface area contributed by atoms with E-state index < -0.39 is 0 Å². The number of aryl methyl sites for hydroxylation is 2. The third kappa shape index (κ3) is 3.08. The Morgan fingerprint density at radius 2 is 1.90 bits per heavy atom. The molecule has 1 aromatic carbocycles. The van der Waals surface area contributed by atoms with Gasteiger partial charge in [0.15, 0.2) is 0 Å². The van der Waals surface area contributed by atoms with E-state index in [1.165, 1.54) is 10.4 Å². The van der Waals surface area contributed by atoms with E-state index in [4.69, 9.17) is 5.84 Å². The maximum Gasteiger partial charge on any atom is 0.0947 e. The van der Waals surface area contributed by atoms with Gasteiger partial charge in [-0.15, -0.1) is 11.3 Å². The Hall–Kier alpha value is -1.23. The third-order valence-electron chi connectivity index (χ3n) is 4.04. The number of hydrogen-bond acceptors (Lipinski definition) is 4. The molecule has 0 saturated carbocycles. The van der Waals surface area contributed by atoms with E-state index in [1.54, 1.807) is 11.3 Å². The Kier molecular flexibility index (Phi) is 4.58. The number of benzene rings is 1. The summed E-state index contributed by atoms with van der Waals surface area (Å²) in [6.45, 7) is 8.62. The molecule has 1 atom stereocenters. The van der Waals surface area contributed by atoms with Crippen LogP contribution in [-0.4, -0.2) is 11.0 Å². The van der Waals surface area contributed by atoms with Crippen molar-refractivity contribution in [1.82, 2.24) is 10.4 Å². The molecule has 0 amide bonds. The zero-order valence-corrected chi connectivity index (χ0v) is 13.4. The monoisotopic (exact) mass is 289 g/mol. The number of thiazole rings is 1. The van der Waals surface area contributed by atoms with Crippen molar-refractivity contribution < 1.29 is 0 Å². The number of rotatable bonds is 5. The topological polar surface area (TPSA) is 50.9 Å². The molecule has 20 heavy (non-hydrogen) atoms. The van der Waals surface area contributed by atoms with Crippen molar-refractivity contribution in [1.29, 1.82) is 0 Å². The maximum absolute atomic E-state index is 5.82. The van der Waals surface area contributed by atoms with E-state index in [0.717, 1.165) is 17.1 Å². The molecule has 0 aliphatic rings. The van der Waals surface area contributed by atoms with E-state index in [9.17, 15) is 0 Å². The van der Waals surface area contributed by atoms with E-state index in [-0.39, 0.29) is 11.5 Å². The zero-order chi connectivity index (χ0) is 14.8. The number of nitrogens with zero attached hydrogens (tertiary/aromatic N) is 1. The van der Waals surface area contributed by atoms with Crippen LogP contribution in [0.4, 0.5) is 0 Å². The summed E-state index contributed by atoms with van der Waals surface area (Å²) in [7, 11) is 0. The summed E-state index contributed by atoms with van der Waals surface area (Å²) in [4.78, 5) is 5.91. The Bertz CT molecular complexity index is 541. The first-order chi connectivity index (χ1) is 9.45. The smallest absolute Gasteiger partial charge is 0.0947 e. The molecule has 0 spiro atoms. The van der Waals surface area contributed by atoms with Crippen molar-refractivity contribution >= 4 is 11.3 Å². The van der Waals surface area contributed by atoms with Gasteiger partial charge in [-0.2, -0.15) is 0 Å². The Morgan fingerprint density at radius 3 is 2.40 bits per heavy atom. The molecule has 0 aliphatic heterocycles. The molecule has 1 heterocycles. The molecule has 2 aromatic rings. The lowest BCUT2D eigenvalue weighted by Gasteiger charge is -2.34. The first-order valence-corrected chi connectivity index (χ1v) is 7.71. The Labute approximate surface area is 125 Å². The van der Waals surface area contributed by atoms with Crippen molar-refractivity contribution in [3.05, 3.63) is 51.5 Å². The highest BCUT2D eigenvalue weighted by molar-refractivity contribution is 7.11. The second kappa shape index (κ2) is 6.04. The van der Waals surface area contributed by atoms with Gasteiger partial charge in [0.1, 0.15) is 0 Å². The van der Waals surface area contributed by atoms with Crippen LogP contribution in [0.15, 0.2) is 30.3 Å². The molecule has 0 radical (unpaired) electrons. The van der Waals surface area contributed by atoms with E-state index in [2.05, 4.69) is 62.4 Å². The van der Waals surface area contributed by atoms with Gasteiger partial charge in [0.05, 0.1) is 10.7 Å². The molecule has 0 bridgehead atoms. The van der Waals surface area contributed by atoms with Crippen LogP contribution < -0.4 is 11.3 Å². The van der Waals surface area contributed by atoms with Crippen LogP contribution in [0, 0.1) is 13.8 Å². The van der Waals surface area contributed by atoms with Crippen LogP contribution in [0.25, 0.3) is 0 Å². The second-order valence-corrected chi connectivity index (χ2v) is 7.05. The standard InChI is InChI=1S/C16H23N3S/c1-11-12(2)20-15(18-11)10-14(19-17)16(3,4)13-8-6-5-7-9-13/h5-9,14,19H,10,17H2,1-4H3. The zero-order valence-electron chi connectivity index (χ0n) is 12.6. The fourth-order valence-corrected chi connectivity index (χ4v) is 3.37. The summed E-state index contributed by atoms with van der Waals surface area (Å²) < 4.78 is 0. The predicted molar refractivity (Wildman–Crippen MR) is 85.9 cm³/mol. The minimum absolute atomic E-state index is 0.0521. The molecule has 3 N–H and O–H groups in total. The molecule has 4 heteroatoms. The SMILES string of the molecule is Cc1nc(CC(NN)C(C)(C)c2ccccc2)sc1C. The fourth-order valence-electron chi connectivity index (χ4n) is 2.39. The quantitative estimate of drug-likeness (QED) is 0.657. The molecular weight excluding hydrogens is 266 g/mol. The van der Waals surface area contributed by atoms with Crippen LogP contribution in [0.5, 0.6) is 0 Å². The fraction of sp³-hybridized carbons (Fsp3) is 0.438. The van der Waals surface area contributed by atoms with Gasteiger partial charge in [0.2, 0.25) is 0 Å². The molecule has 2 rings (SSSR count). The normalized spacial score (nSPS) is 13.4. The minimum atomic E-state index is -0.0521. The lowest BCUT2D eigenvalue weighted by Crippen LogP contribution is -2.49. The van der Waals surface area contributed by atoms with E-state index >= 15 is 0 Å². The van der Waals surface area contributed by atoms with E-state index in [0.29, 0.717) is 0 Å². The minimum Gasteiger partial charge on any atom is -0.271 e. The molecule has 1 aromatic heterocycles.